The molecule has 0 saturated heterocycles. The molecule has 0 amide bonds. The van der Waals surface area contributed by atoms with E-state index in [0.717, 1.165) is 22.2 Å². The molecule has 1 aromatic rings. The first-order valence-electron chi connectivity index (χ1n) is 5.84. The Labute approximate surface area is 111 Å². The van der Waals surface area contributed by atoms with Gasteiger partial charge in [0.1, 0.15) is 0 Å². The summed E-state index contributed by atoms with van der Waals surface area (Å²) in [5, 5.41) is 0. The molecular formula is C13H20BrNO2. The highest BCUT2D eigenvalue weighted by atomic mass is 79.9. The minimum Gasteiger partial charge on any atom is -0.379 e. The molecule has 0 aliphatic heterocycles. The molecule has 0 saturated carbocycles. The van der Waals surface area contributed by atoms with Gasteiger partial charge in [-0.2, -0.15) is 0 Å². The second kappa shape index (κ2) is 7.82. The Hall–Kier alpha value is -0.420. The maximum absolute atomic E-state index is 5.70. The standard InChI is InChI=1S/C13H20BrNO2/c1-3-16-8-10(2)17-9-12-5-4-11(7-15)6-13(12)14/h4-6,10H,3,7-9,15H2,1-2H3. The normalized spacial score (nSPS) is 12.7. The van der Waals surface area contributed by atoms with Gasteiger partial charge in [-0.3, -0.25) is 0 Å². The van der Waals surface area contributed by atoms with Gasteiger partial charge in [-0.15, -0.1) is 0 Å². The first-order valence-corrected chi connectivity index (χ1v) is 6.63. The molecular weight excluding hydrogens is 282 g/mol. The number of ether oxygens (including phenoxy) is 2. The Balaban J connectivity index is 2.46. The molecule has 0 heterocycles. The van der Waals surface area contributed by atoms with Gasteiger partial charge in [0.25, 0.3) is 0 Å². The van der Waals surface area contributed by atoms with Gasteiger partial charge < -0.3 is 15.2 Å². The Morgan fingerprint density at radius 1 is 1.41 bits per heavy atom. The SMILES string of the molecule is CCOCC(C)OCc1ccc(CN)cc1Br. The predicted molar refractivity (Wildman–Crippen MR) is 72.8 cm³/mol. The zero-order chi connectivity index (χ0) is 12.7. The van der Waals surface area contributed by atoms with Crippen LogP contribution >= 0.6 is 15.9 Å². The number of benzene rings is 1. The van der Waals surface area contributed by atoms with Crippen molar-refractivity contribution in [2.45, 2.75) is 33.1 Å². The van der Waals surface area contributed by atoms with E-state index >= 15 is 0 Å². The third kappa shape index (κ3) is 5.17. The minimum atomic E-state index is 0.107. The Kier molecular flexibility index (Phi) is 6.73. The highest BCUT2D eigenvalue weighted by molar-refractivity contribution is 9.10. The number of halogens is 1. The quantitative estimate of drug-likeness (QED) is 0.842. The molecule has 0 aromatic heterocycles. The van der Waals surface area contributed by atoms with Crippen molar-refractivity contribution < 1.29 is 9.47 Å². The average Bonchev–Trinajstić information content (AvgIpc) is 2.34. The van der Waals surface area contributed by atoms with Gasteiger partial charge in [0.05, 0.1) is 19.3 Å². The molecule has 1 rings (SSSR count). The van der Waals surface area contributed by atoms with Gasteiger partial charge in [0.15, 0.2) is 0 Å². The highest BCUT2D eigenvalue weighted by Crippen LogP contribution is 2.19. The Morgan fingerprint density at radius 2 is 2.18 bits per heavy atom. The van der Waals surface area contributed by atoms with Crippen molar-refractivity contribution in [1.29, 1.82) is 0 Å². The van der Waals surface area contributed by atoms with Crippen LogP contribution in [0.4, 0.5) is 0 Å². The van der Waals surface area contributed by atoms with E-state index in [4.69, 9.17) is 15.2 Å². The van der Waals surface area contributed by atoms with Crippen LogP contribution in [-0.2, 0) is 22.6 Å². The van der Waals surface area contributed by atoms with Crippen LogP contribution in [0.1, 0.15) is 25.0 Å². The van der Waals surface area contributed by atoms with E-state index in [-0.39, 0.29) is 6.10 Å². The lowest BCUT2D eigenvalue weighted by atomic mass is 10.1. The first-order chi connectivity index (χ1) is 8.17. The van der Waals surface area contributed by atoms with Crippen LogP contribution in [0.5, 0.6) is 0 Å². The molecule has 96 valence electrons. The maximum Gasteiger partial charge on any atom is 0.0785 e. The van der Waals surface area contributed by atoms with Crippen LogP contribution in [0.25, 0.3) is 0 Å². The second-order valence-corrected chi connectivity index (χ2v) is 4.77. The van der Waals surface area contributed by atoms with Gasteiger partial charge in [0, 0.05) is 17.6 Å². The molecule has 0 radical (unpaired) electrons. The topological polar surface area (TPSA) is 44.5 Å². The summed E-state index contributed by atoms with van der Waals surface area (Å²) in [6, 6.07) is 6.10. The summed E-state index contributed by atoms with van der Waals surface area (Å²) in [5.41, 5.74) is 7.82. The smallest absolute Gasteiger partial charge is 0.0785 e. The predicted octanol–water partition coefficient (Wildman–Crippen LogP) is 2.85. The molecule has 1 unspecified atom stereocenters. The molecule has 0 spiro atoms. The van der Waals surface area contributed by atoms with Crippen LogP contribution in [0.2, 0.25) is 0 Å². The fourth-order valence-electron chi connectivity index (χ4n) is 1.40. The molecule has 0 fully saturated rings. The van der Waals surface area contributed by atoms with Gasteiger partial charge in [-0.05, 0) is 31.0 Å². The fourth-order valence-corrected chi connectivity index (χ4v) is 1.94. The molecule has 3 nitrogen and oxygen atoms in total. The van der Waals surface area contributed by atoms with Gasteiger partial charge in [-0.1, -0.05) is 28.1 Å². The molecule has 4 heteroatoms. The molecule has 0 bridgehead atoms. The molecule has 0 aliphatic rings. The second-order valence-electron chi connectivity index (χ2n) is 3.91. The summed E-state index contributed by atoms with van der Waals surface area (Å²) >= 11 is 3.52. The summed E-state index contributed by atoms with van der Waals surface area (Å²) in [7, 11) is 0. The van der Waals surface area contributed by atoms with Gasteiger partial charge in [0.2, 0.25) is 0 Å². The Morgan fingerprint density at radius 3 is 2.76 bits per heavy atom. The molecule has 17 heavy (non-hydrogen) atoms. The van der Waals surface area contributed by atoms with Gasteiger partial charge in [-0.25, -0.2) is 0 Å². The first kappa shape index (κ1) is 14.6. The number of hydrogen-bond acceptors (Lipinski definition) is 3. The van der Waals surface area contributed by atoms with Crippen molar-refractivity contribution in [3.05, 3.63) is 33.8 Å². The molecule has 1 atom stereocenters. The van der Waals surface area contributed by atoms with Crippen molar-refractivity contribution in [2.75, 3.05) is 13.2 Å². The third-order valence-electron chi connectivity index (χ3n) is 2.43. The van der Waals surface area contributed by atoms with E-state index < -0.39 is 0 Å². The van der Waals surface area contributed by atoms with Gasteiger partial charge >= 0.3 is 0 Å². The summed E-state index contributed by atoms with van der Waals surface area (Å²) in [4.78, 5) is 0. The van der Waals surface area contributed by atoms with E-state index in [2.05, 4.69) is 15.9 Å². The van der Waals surface area contributed by atoms with Crippen molar-refractivity contribution in [3.63, 3.8) is 0 Å². The number of nitrogens with two attached hydrogens (primary N) is 1. The Bertz CT molecular complexity index is 344. The largest absolute Gasteiger partial charge is 0.379 e. The summed E-state index contributed by atoms with van der Waals surface area (Å²) in [6.45, 7) is 6.49. The zero-order valence-corrected chi connectivity index (χ0v) is 12.0. The van der Waals surface area contributed by atoms with E-state index in [1.54, 1.807) is 0 Å². The molecule has 1 aromatic carbocycles. The maximum atomic E-state index is 5.70. The monoisotopic (exact) mass is 301 g/mol. The highest BCUT2D eigenvalue weighted by Gasteiger charge is 2.05. The fraction of sp³-hybridized carbons (Fsp3) is 0.538. The van der Waals surface area contributed by atoms with Crippen LogP contribution in [-0.4, -0.2) is 19.3 Å². The van der Waals surface area contributed by atoms with Crippen LogP contribution in [0.3, 0.4) is 0 Å². The number of hydrogen-bond donors (Lipinski definition) is 1. The molecule has 0 aliphatic carbocycles. The van der Waals surface area contributed by atoms with Crippen molar-refractivity contribution >= 4 is 15.9 Å². The van der Waals surface area contributed by atoms with Crippen molar-refractivity contribution in [1.82, 2.24) is 0 Å². The van der Waals surface area contributed by atoms with Crippen LogP contribution in [0.15, 0.2) is 22.7 Å². The van der Waals surface area contributed by atoms with Crippen LogP contribution in [0, 0.1) is 0 Å². The van der Waals surface area contributed by atoms with E-state index in [0.29, 0.717) is 19.8 Å². The molecule has 2 N–H and O–H groups in total. The summed E-state index contributed by atoms with van der Waals surface area (Å²) < 4.78 is 12.0. The van der Waals surface area contributed by atoms with Crippen molar-refractivity contribution in [3.8, 4) is 0 Å². The van der Waals surface area contributed by atoms with Crippen molar-refractivity contribution in [2.24, 2.45) is 5.73 Å². The average molecular weight is 302 g/mol. The summed E-state index contributed by atoms with van der Waals surface area (Å²) in [6.07, 6.45) is 0.107. The third-order valence-corrected chi connectivity index (χ3v) is 3.17. The minimum absolute atomic E-state index is 0.107. The van der Waals surface area contributed by atoms with E-state index in [9.17, 15) is 0 Å². The zero-order valence-electron chi connectivity index (χ0n) is 10.4. The van der Waals surface area contributed by atoms with E-state index in [1.807, 2.05) is 32.0 Å². The van der Waals surface area contributed by atoms with Crippen LogP contribution < -0.4 is 5.73 Å². The lowest BCUT2D eigenvalue weighted by Gasteiger charge is -2.14. The lowest BCUT2D eigenvalue weighted by Crippen LogP contribution is -2.16. The van der Waals surface area contributed by atoms with E-state index in [1.165, 1.54) is 0 Å². The summed E-state index contributed by atoms with van der Waals surface area (Å²) in [5.74, 6) is 0. The lowest BCUT2D eigenvalue weighted by molar-refractivity contribution is -0.0118. The number of rotatable bonds is 7.